The Morgan fingerprint density at radius 1 is 1.00 bits per heavy atom. The number of aryl methyl sites for hydroxylation is 1. The summed E-state index contributed by atoms with van der Waals surface area (Å²) in [6.45, 7) is 1.53. The molecule has 3 rings (SSSR count). The second-order valence-corrected chi connectivity index (χ2v) is 4.99. The number of fused-ring (bicyclic) bond motifs is 1. The van der Waals surface area contributed by atoms with Crippen molar-refractivity contribution in [3.8, 4) is 5.69 Å². The van der Waals surface area contributed by atoms with E-state index >= 15 is 0 Å². The lowest BCUT2D eigenvalue weighted by Crippen LogP contribution is -2.02. The van der Waals surface area contributed by atoms with Gasteiger partial charge in [0.25, 0.3) is 0 Å². The van der Waals surface area contributed by atoms with Gasteiger partial charge in [0.1, 0.15) is 11.6 Å². The van der Waals surface area contributed by atoms with Crippen LogP contribution in [0.15, 0.2) is 24.3 Å². The van der Waals surface area contributed by atoms with E-state index in [1.165, 1.54) is 19.1 Å². The number of imidazole rings is 1. The molecule has 0 saturated heterocycles. The maximum atomic E-state index is 13.9. The van der Waals surface area contributed by atoms with Crippen LogP contribution in [0, 0.1) is 35.0 Å². The molecule has 0 radical (unpaired) electrons. The Morgan fingerprint density at radius 2 is 1.71 bits per heavy atom. The first-order valence-corrected chi connectivity index (χ1v) is 6.35. The molecule has 0 spiro atoms. The third kappa shape index (κ3) is 2.13. The van der Waals surface area contributed by atoms with Crippen molar-refractivity contribution in [3.05, 3.63) is 57.9 Å². The molecule has 0 amide bonds. The van der Waals surface area contributed by atoms with Crippen LogP contribution in [0.4, 0.5) is 17.6 Å². The Labute approximate surface area is 121 Å². The molecular weight excluding hydrogens is 304 g/mol. The zero-order valence-corrected chi connectivity index (χ0v) is 11.5. The fourth-order valence-electron chi connectivity index (χ4n) is 2.18. The summed E-state index contributed by atoms with van der Waals surface area (Å²) in [5, 5.41) is 0. The highest BCUT2D eigenvalue weighted by Gasteiger charge is 2.17. The van der Waals surface area contributed by atoms with Gasteiger partial charge < -0.3 is 4.98 Å². The molecule has 0 fully saturated rings. The molecule has 7 heteroatoms. The fraction of sp³-hybridized carbons (Fsp3) is 0.0714. The molecule has 0 atom stereocenters. The quantitative estimate of drug-likeness (QED) is 0.397. The minimum atomic E-state index is -1.32. The van der Waals surface area contributed by atoms with Gasteiger partial charge in [0, 0.05) is 12.1 Å². The largest absolute Gasteiger partial charge is 0.330 e. The van der Waals surface area contributed by atoms with E-state index < -0.39 is 23.3 Å². The molecule has 108 valence electrons. The van der Waals surface area contributed by atoms with E-state index in [0.717, 1.165) is 10.6 Å². The molecule has 0 aliphatic carbocycles. The van der Waals surface area contributed by atoms with E-state index in [2.05, 4.69) is 4.98 Å². The van der Waals surface area contributed by atoms with Gasteiger partial charge in [0.15, 0.2) is 16.4 Å². The smallest absolute Gasteiger partial charge is 0.183 e. The lowest BCUT2D eigenvalue weighted by molar-refractivity contribution is 0.491. The number of rotatable bonds is 1. The Kier molecular flexibility index (Phi) is 3.09. The van der Waals surface area contributed by atoms with Crippen LogP contribution < -0.4 is 0 Å². The number of hydrogen-bond donors (Lipinski definition) is 1. The average Bonchev–Trinajstić information content (AvgIpc) is 2.70. The Hall–Kier alpha value is -2.15. The van der Waals surface area contributed by atoms with Crippen molar-refractivity contribution in [1.82, 2.24) is 9.55 Å². The van der Waals surface area contributed by atoms with E-state index in [4.69, 9.17) is 12.2 Å². The van der Waals surface area contributed by atoms with Crippen LogP contribution >= 0.6 is 12.2 Å². The summed E-state index contributed by atoms with van der Waals surface area (Å²) >= 11 is 5.04. The number of halogens is 4. The molecule has 0 bridgehead atoms. The molecule has 0 aliphatic heterocycles. The molecule has 1 heterocycles. The van der Waals surface area contributed by atoms with E-state index in [-0.39, 0.29) is 10.5 Å². The number of hydrogen-bond acceptors (Lipinski definition) is 1. The molecule has 1 N–H and O–H groups in total. The molecule has 0 saturated carbocycles. The third-order valence-corrected chi connectivity index (χ3v) is 3.46. The van der Waals surface area contributed by atoms with Crippen molar-refractivity contribution in [1.29, 1.82) is 0 Å². The number of aromatic nitrogens is 2. The number of aromatic amines is 1. The van der Waals surface area contributed by atoms with Gasteiger partial charge in [-0.1, -0.05) is 0 Å². The number of nitrogens with zero attached hydrogens (tertiary/aromatic N) is 1. The number of nitrogens with one attached hydrogen (secondary N) is 1. The Bertz CT molecular complexity index is 927. The highest BCUT2D eigenvalue weighted by molar-refractivity contribution is 7.71. The highest BCUT2D eigenvalue weighted by atomic mass is 32.1. The first kappa shape index (κ1) is 13.8. The van der Waals surface area contributed by atoms with Crippen molar-refractivity contribution in [2.75, 3.05) is 0 Å². The van der Waals surface area contributed by atoms with Gasteiger partial charge >= 0.3 is 0 Å². The summed E-state index contributed by atoms with van der Waals surface area (Å²) in [6.07, 6.45) is 0. The van der Waals surface area contributed by atoms with Crippen molar-refractivity contribution in [2.24, 2.45) is 0 Å². The molecule has 1 aromatic heterocycles. The van der Waals surface area contributed by atoms with E-state index in [1.807, 2.05) is 0 Å². The van der Waals surface area contributed by atoms with E-state index in [0.29, 0.717) is 22.7 Å². The lowest BCUT2D eigenvalue weighted by atomic mass is 10.2. The Balaban J connectivity index is 2.43. The Morgan fingerprint density at radius 3 is 2.43 bits per heavy atom. The van der Waals surface area contributed by atoms with Gasteiger partial charge in [-0.05, 0) is 36.8 Å². The second-order valence-electron chi connectivity index (χ2n) is 4.60. The van der Waals surface area contributed by atoms with Crippen molar-refractivity contribution < 1.29 is 17.6 Å². The van der Waals surface area contributed by atoms with Gasteiger partial charge in [-0.3, -0.25) is 4.57 Å². The summed E-state index contributed by atoms with van der Waals surface area (Å²) in [4.78, 5) is 2.69. The second kappa shape index (κ2) is 4.70. The van der Waals surface area contributed by atoms with Gasteiger partial charge in [-0.2, -0.15) is 0 Å². The maximum Gasteiger partial charge on any atom is 0.183 e. The number of H-pyrrole nitrogens is 1. The first-order chi connectivity index (χ1) is 9.88. The SMILES string of the molecule is Cc1cc2c(cc1F)[nH]c(=S)n2-c1cc(F)cc(F)c1F. The van der Waals surface area contributed by atoms with Crippen molar-refractivity contribution >= 4 is 23.3 Å². The average molecular weight is 312 g/mol. The minimum Gasteiger partial charge on any atom is -0.330 e. The highest BCUT2D eigenvalue weighted by Crippen LogP contribution is 2.25. The van der Waals surface area contributed by atoms with Crippen LogP contribution in [0.5, 0.6) is 0 Å². The standard InChI is InChI=1S/C14H8F4N2S/c1-6-2-11-10(5-8(6)16)19-14(21)20(11)12-4-7(15)3-9(17)13(12)18/h2-5H,1H3,(H,19,21). The van der Waals surface area contributed by atoms with Gasteiger partial charge in [0.05, 0.1) is 16.7 Å². The van der Waals surface area contributed by atoms with Crippen molar-refractivity contribution in [2.45, 2.75) is 6.92 Å². The van der Waals surface area contributed by atoms with Gasteiger partial charge in [-0.15, -0.1) is 0 Å². The molecular formula is C14H8F4N2S. The van der Waals surface area contributed by atoms with Crippen LogP contribution in [0.25, 0.3) is 16.7 Å². The maximum absolute atomic E-state index is 13.9. The molecule has 21 heavy (non-hydrogen) atoms. The van der Waals surface area contributed by atoms with Gasteiger partial charge in [-0.25, -0.2) is 17.6 Å². The third-order valence-electron chi connectivity index (χ3n) is 3.18. The predicted octanol–water partition coefficient (Wildman–Crippen LogP) is 4.55. The lowest BCUT2D eigenvalue weighted by Gasteiger charge is -2.08. The monoisotopic (exact) mass is 312 g/mol. The zero-order chi connectivity index (χ0) is 15.3. The van der Waals surface area contributed by atoms with Crippen LogP contribution in [0.2, 0.25) is 0 Å². The fourth-order valence-corrected chi connectivity index (χ4v) is 2.48. The summed E-state index contributed by atoms with van der Waals surface area (Å²) in [5.41, 5.74) is 0.590. The molecule has 3 aromatic rings. The van der Waals surface area contributed by atoms with Crippen LogP contribution in [0.3, 0.4) is 0 Å². The first-order valence-electron chi connectivity index (χ1n) is 5.94. The van der Waals surface area contributed by atoms with Crippen LogP contribution in [-0.2, 0) is 0 Å². The summed E-state index contributed by atoms with van der Waals surface area (Å²) in [6, 6.07) is 3.91. The van der Waals surface area contributed by atoms with Crippen LogP contribution in [-0.4, -0.2) is 9.55 Å². The predicted molar refractivity (Wildman–Crippen MR) is 73.0 cm³/mol. The van der Waals surface area contributed by atoms with E-state index in [9.17, 15) is 17.6 Å². The normalized spacial score (nSPS) is 11.3. The summed E-state index contributed by atoms with van der Waals surface area (Å²) in [5.74, 6) is -3.94. The van der Waals surface area contributed by atoms with Gasteiger partial charge in [0.2, 0.25) is 0 Å². The molecule has 0 unspecified atom stereocenters. The summed E-state index contributed by atoms with van der Waals surface area (Å²) in [7, 11) is 0. The molecule has 0 aliphatic rings. The molecule has 2 aromatic carbocycles. The summed E-state index contributed by atoms with van der Waals surface area (Å²) < 4.78 is 55.4. The van der Waals surface area contributed by atoms with Crippen molar-refractivity contribution in [3.63, 3.8) is 0 Å². The number of benzene rings is 2. The minimum absolute atomic E-state index is 0.0129. The van der Waals surface area contributed by atoms with E-state index in [1.54, 1.807) is 0 Å². The zero-order valence-electron chi connectivity index (χ0n) is 10.7. The van der Waals surface area contributed by atoms with Crippen LogP contribution in [0.1, 0.15) is 5.56 Å². The molecule has 2 nitrogen and oxygen atoms in total. The topological polar surface area (TPSA) is 20.7 Å².